The topological polar surface area (TPSA) is 47.6 Å². The van der Waals surface area contributed by atoms with Crippen LogP contribution < -0.4 is 5.32 Å². The van der Waals surface area contributed by atoms with E-state index in [9.17, 15) is 4.79 Å². The van der Waals surface area contributed by atoms with Gasteiger partial charge in [0.05, 0.1) is 12.2 Å². The first-order valence-electron chi connectivity index (χ1n) is 10.1. The predicted molar refractivity (Wildman–Crippen MR) is 103 cm³/mol. The highest BCUT2D eigenvalue weighted by atomic mass is 16.5. The Morgan fingerprint density at radius 2 is 1.85 bits per heavy atom. The zero-order valence-electron chi connectivity index (χ0n) is 16.4. The van der Waals surface area contributed by atoms with Crippen LogP contribution in [0.15, 0.2) is 30.3 Å². The molecule has 2 aliphatic rings. The first-order chi connectivity index (χ1) is 12.4. The Labute approximate surface area is 157 Å². The molecule has 1 heterocycles. The number of rotatable bonds is 5. The lowest BCUT2D eigenvalue weighted by Crippen LogP contribution is -2.47. The van der Waals surface area contributed by atoms with Crippen LogP contribution in [0, 0.1) is 5.41 Å². The molecule has 0 aromatic heterocycles. The van der Waals surface area contributed by atoms with Gasteiger partial charge in [-0.05, 0) is 36.7 Å². The summed E-state index contributed by atoms with van der Waals surface area (Å²) in [5.41, 5.74) is 1.03. The fourth-order valence-electron chi connectivity index (χ4n) is 3.94. The molecule has 1 saturated carbocycles. The molecule has 0 bridgehead atoms. The smallest absolute Gasteiger partial charge is 0.254 e. The van der Waals surface area contributed by atoms with Crippen molar-refractivity contribution in [3.63, 3.8) is 0 Å². The Balaban J connectivity index is 1.67. The highest BCUT2D eigenvalue weighted by molar-refractivity contribution is 5.82. The number of benzene rings is 1. The first kappa shape index (κ1) is 19.4. The maximum absolute atomic E-state index is 13.1. The van der Waals surface area contributed by atoms with E-state index in [1.54, 1.807) is 0 Å². The molecule has 4 heteroatoms. The van der Waals surface area contributed by atoms with Crippen LogP contribution in [0.25, 0.3) is 0 Å². The lowest BCUT2D eigenvalue weighted by Gasteiger charge is -2.38. The molecule has 1 aliphatic carbocycles. The summed E-state index contributed by atoms with van der Waals surface area (Å²) in [5.74, 6) is -0.0114. The average molecular weight is 360 g/mol. The largest absolute Gasteiger partial charge is 0.378 e. The van der Waals surface area contributed by atoms with Gasteiger partial charge in [-0.15, -0.1) is 0 Å². The van der Waals surface area contributed by atoms with E-state index in [4.69, 9.17) is 9.47 Å². The highest BCUT2D eigenvalue weighted by Gasteiger charge is 2.34. The molecule has 1 aromatic carbocycles. The Hall–Kier alpha value is -1.39. The van der Waals surface area contributed by atoms with Crippen molar-refractivity contribution < 1.29 is 14.3 Å². The van der Waals surface area contributed by atoms with Gasteiger partial charge >= 0.3 is 0 Å². The molecule has 1 saturated heterocycles. The van der Waals surface area contributed by atoms with Crippen molar-refractivity contribution >= 4 is 5.91 Å². The zero-order chi connectivity index (χ0) is 18.6. The third kappa shape index (κ3) is 5.08. The van der Waals surface area contributed by atoms with Crippen molar-refractivity contribution in [2.24, 2.45) is 5.41 Å². The van der Waals surface area contributed by atoms with Crippen LogP contribution in [-0.4, -0.2) is 30.8 Å². The summed E-state index contributed by atoms with van der Waals surface area (Å²) in [6.07, 6.45) is 6.08. The van der Waals surface area contributed by atoms with Gasteiger partial charge in [-0.25, -0.2) is 0 Å². The number of hydrogen-bond donors (Lipinski definition) is 1. The lowest BCUT2D eigenvalue weighted by molar-refractivity contribution is -0.139. The Bertz CT molecular complexity index is 575. The van der Waals surface area contributed by atoms with Gasteiger partial charge in [0.2, 0.25) is 0 Å². The van der Waals surface area contributed by atoms with Gasteiger partial charge in [0, 0.05) is 12.6 Å². The number of hydrogen-bond acceptors (Lipinski definition) is 3. The van der Waals surface area contributed by atoms with Crippen LogP contribution in [0.1, 0.15) is 71.0 Å². The van der Waals surface area contributed by atoms with Gasteiger partial charge in [0.15, 0.2) is 6.10 Å². The molecule has 26 heavy (non-hydrogen) atoms. The summed E-state index contributed by atoms with van der Waals surface area (Å²) >= 11 is 0. The van der Waals surface area contributed by atoms with E-state index in [-0.39, 0.29) is 29.6 Å². The molecule has 3 rings (SSSR count). The van der Waals surface area contributed by atoms with E-state index in [2.05, 4.69) is 26.1 Å². The average Bonchev–Trinajstić information content (AvgIpc) is 3.13. The van der Waals surface area contributed by atoms with Crippen LogP contribution in [0.5, 0.6) is 0 Å². The SMILES string of the molecule is CC(C)(C)[C@@H]1C[C@H](NC(=O)[C@H](OC2CCCC2)c2ccccc2)CCO1. The van der Waals surface area contributed by atoms with Gasteiger partial charge < -0.3 is 14.8 Å². The number of amides is 1. The zero-order valence-corrected chi connectivity index (χ0v) is 16.4. The Morgan fingerprint density at radius 3 is 2.50 bits per heavy atom. The van der Waals surface area contributed by atoms with Crippen molar-refractivity contribution in [2.45, 2.75) is 83.6 Å². The minimum Gasteiger partial charge on any atom is -0.378 e. The maximum atomic E-state index is 13.1. The molecule has 2 fully saturated rings. The summed E-state index contributed by atoms with van der Waals surface area (Å²) in [5, 5.41) is 3.25. The third-order valence-electron chi connectivity index (χ3n) is 5.57. The van der Waals surface area contributed by atoms with Gasteiger partial charge in [0.25, 0.3) is 5.91 Å². The minimum atomic E-state index is -0.518. The van der Waals surface area contributed by atoms with E-state index in [1.807, 2.05) is 30.3 Å². The van der Waals surface area contributed by atoms with E-state index < -0.39 is 6.10 Å². The molecule has 0 radical (unpaired) electrons. The van der Waals surface area contributed by atoms with E-state index in [0.717, 1.165) is 31.2 Å². The summed E-state index contributed by atoms with van der Waals surface area (Å²) < 4.78 is 12.2. The fourth-order valence-corrected chi connectivity index (χ4v) is 3.94. The Morgan fingerprint density at radius 1 is 1.15 bits per heavy atom. The van der Waals surface area contributed by atoms with Gasteiger partial charge in [-0.2, -0.15) is 0 Å². The first-order valence-corrected chi connectivity index (χ1v) is 10.1. The molecule has 1 aliphatic heterocycles. The monoisotopic (exact) mass is 359 g/mol. The van der Waals surface area contributed by atoms with Gasteiger partial charge in [-0.1, -0.05) is 63.9 Å². The third-order valence-corrected chi connectivity index (χ3v) is 5.57. The number of carbonyl (C=O) groups excluding carboxylic acids is 1. The Kier molecular flexibility index (Phi) is 6.36. The summed E-state index contributed by atoms with van der Waals surface area (Å²) in [4.78, 5) is 13.1. The van der Waals surface area contributed by atoms with Crippen LogP contribution >= 0.6 is 0 Å². The molecular formula is C22H33NO3. The van der Waals surface area contributed by atoms with Crippen molar-refractivity contribution in [1.82, 2.24) is 5.32 Å². The second-order valence-corrected chi connectivity index (χ2v) is 8.79. The number of carbonyl (C=O) groups is 1. The summed E-state index contributed by atoms with van der Waals surface area (Å²) in [6, 6.07) is 10.0. The van der Waals surface area contributed by atoms with Crippen molar-refractivity contribution in [2.75, 3.05) is 6.61 Å². The second kappa shape index (κ2) is 8.53. The highest BCUT2D eigenvalue weighted by Crippen LogP contribution is 2.31. The molecule has 0 unspecified atom stereocenters. The van der Waals surface area contributed by atoms with Gasteiger partial charge in [-0.3, -0.25) is 4.79 Å². The second-order valence-electron chi connectivity index (χ2n) is 8.79. The lowest BCUT2D eigenvalue weighted by atomic mass is 9.83. The molecule has 3 atom stereocenters. The van der Waals surface area contributed by atoms with Crippen molar-refractivity contribution in [1.29, 1.82) is 0 Å². The predicted octanol–water partition coefficient (Wildman–Crippen LogP) is 4.40. The standard InChI is InChI=1S/C22H33NO3/c1-22(2,3)19-15-17(13-14-25-19)23-21(24)20(16-9-5-4-6-10-16)26-18-11-7-8-12-18/h4-6,9-10,17-20H,7-8,11-15H2,1-3H3,(H,23,24)/t17-,19+,20-/m1/s1. The van der Waals surface area contributed by atoms with Gasteiger partial charge in [0.1, 0.15) is 0 Å². The quantitative estimate of drug-likeness (QED) is 0.848. The van der Waals surface area contributed by atoms with Crippen molar-refractivity contribution in [3.05, 3.63) is 35.9 Å². The van der Waals surface area contributed by atoms with Crippen LogP contribution in [-0.2, 0) is 14.3 Å². The van der Waals surface area contributed by atoms with Crippen LogP contribution in [0.3, 0.4) is 0 Å². The van der Waals surface area contributed by atoms with Crippen molar-refractivity contribution in [3.8, 4) is 0 Å². The summed E-state index contributed by atoms with van der Waals surface area (Å²) in [7, 11) is 0. The summed E-state index contributed by atoms with van der Waals surface area (Å²) in [6.45, 7) is 7.28. The minimum absolute atomic E-state index is 0.0114. The van der Waals surface area contributed by atoms with E-state index in [1.165, 1.54) is 12.8 Å². The van der Waals surface area contributed by atoms with Crippen LogP contribution in [0.2, 0.25) is 0 Å². The molecule has 0 spiro atoms. The molecular weight excluding hydrogens is 326 g/mol. The number of ether oxygens (including phenoxy) is 2. The normalized spacial score (nSPS) is 25.8. The maximum Gasteiger partial charge on any atom is 0.254 e. The van der Waals surface area contributed by atoms with E-state index >= 15 is 0 Å². The fraction of sp³-hybridized carbons (Fsp3) is 0.682. The number of nitrogens with one attached hydrogen (secondary N) is 1. The molecule has 1 aromatic rings. The molecule has 4 nitrogen and oxygen atoms in total. The van der Waals surface area contributed by atoms with E-state index in [0.29, 0.717) is 6.61 Å². The van der Waals surface area contributed by atoms with Crippen LogP contribution in [0.4, 0.5) is 0 Å². The molecule has 1 N–H and O–H groups in total. The molecule has 1 amide bonds. The molecule has 144 valence electrons.